The van der Waals surface area contributed by atoms with E-state index in [0.29, 0.717) is 29.5 Å². The van der Waals surface area contributed by atoms with Crippen LogP contribution in [0.1, 0.15) is 197 Å². The van der Waals surface area contributed by atoms with Crippen molar-refractivity contribution in [1.29, 1.82) is 0 Å². The Hall–Kier alpha value is -5.57. The monoisotopic (exact) mass is 1150 g/mol. The van der Waals surface area contributed by atoms with E-state index >= 15 is 0 Å². The fraction of sp³-hybridized carbons (Fsp3) is 0.364. The fourth-order valence-corrected chi connectivity index (χ4v) is 8.80. The first-order valence-corrected chi connectivity index (χ1v) is 23.1. The summed E-state index contributed by atoms with van der Waals surface area (Å²) < 4.78 is 273. The summed E-state index contributed by atoms with van der Waals surface area (Å²) in [4.78, 5) is 9.54. The average molecular weight is 1150 g/mol. The number of rotatable bonds is 7. The Labute approximate surface area is 481 Å². The SMILES string of the molecule is [2H]c1cc(C2([2H])CCC(C)(C)CC2)cc([2H])c1-c1c([2H])cnc(-c2[c-]c(-c3cccc4c3nc(-c3c([2H])c(C(C([2H])([2H])[2H])(C([2H])([2H])[2H])C([2H])([2H])[2H])c([2H])c(C(C([2H])([2H])[2H])(C([2H])([2H])[2H])C([2H])([2H])[2H])c3O)n4-c3ccc(C(C)(C)C)cc3-c3c([2H])c([2H])c([2H])c([2H])c3[2H])cc(C(C)(C)C)c2)c1[2H].[Pt]. The molecule has 370 valence electrons. The van der Waals surface area contributed by atoms with E-state index in [1.807, 2.05) is 20.8 Å². The van der Waals surface area contributed by atoms with Crippen LogP contribution in [0.25, 0.3) is 72.7 Å². The molecule has 0 radical (unpaired) electrons. The van der Waals surface area contributed by atoms with Gasteiger partial charge in [-0.25, -0.2) is 4.98 Å². The first kappa shape index (κ1) is 25.9. The molecular formula is C66H74N3OPt-. The van der Waals surface area contributed by atoms with Gasteiger partial charge >= 0.3 is 0 Å². The zero-order valence-corrected chi connectivity index (χ0v) is 43.1. The second-order valence-electron chi connectivity index (χ2n) is 21.0. The van der Waals surface area contributed by atoms with Gasteiger partial charge in [0.15, 0.2) is 0 Å². The number of phenols is 1. The number of para-hydroxylation sites is 1. The Kier molecular flexibility index (Phi) is 6.97. The van der Waals surface area contributed by atoms with Crippen molar-refractivity contribution >= 4 is 11.0 Å². The summed E-state index contributed by atoms with van der Waals surface area (Å²) in [6, 6.07) is 9.07. The number of aromatic hydroxyl groups is 1. The van der Waals surface area contributed by atoms with Crippen LogP contribution < -0.4 is 0 Å². The van der Waals surface area contributed by atoms with Gasteiger partial charge in [-0.15, -0.1) is 29.3 Å². The fourth-order valence-electron chi connectivity index (χ4n) is 8.80. The Morgan fingerprint density at radius 2 is 1.35 bits per heavy atom. The van der Waals surface area contributed by atoms with Crippen molar-refractivity contribution in [1.82, 2.24) is 14.5 Å². The Morgan fingerprint density at radius 1 is 0.676 bits per heavy atom. The van der Waals surface area contributed by atoms with E-state index < -0.39 is 151 Å². The number of phenolic OH excluding ortho intramolecular Hbond substituents is 1. The maximum absolute atomic E-state index is 13.3. The number of hydrogen-bond donors (Lipinski definition) is 1. The van der Waals surface area contributed by atoms with Gasteiger partial charge in [-0.1, -0.05) is 192 Å². The third-order valence-electron chi connectivity index (χ3n) is 13.0. The Balaban J connectivity index is 0.0000130. The predicted octanol–water partition coefficient (Wildman–Crippen LogP) is 18.1. The van der Waals surface area contributed by atoms with Gasteiger partial charge in [0.05, 0.1) is 37.4 Å². The van der Waals surface area contributed by atoms with Crippen LogP contribution in [0.3, 0.4) is 0 Å². The van der Waals surface area contributed by atoms with E-state index in [9.17, 15) is 16.1 Å². The van der Waals surface area contributed by atoms with Crippen molar-refractivity contribution in [2.24, 2.45) is 5.41 Å². The number of pyridine rings is 1. The predicted molar refractivity (Wildman–Crippen MR) is 296 cm³/mol. The third kappa shape index (κ3) is 10.7. The van der Waals surface area contributed by atoms with Gasteiger partial charge in [0, 0.05) is 70.1 Å². The molecule has 0 atom stereocenters. The average Bonchev–Trinajstić information content (AvgIpc) is 1.31. The molecule has 0 saturated heterocycles. The summed E-state index contributed by atoms with van der Waals surface area (Å²) in [5.74, 6) is -4.02. The largest absolute Gasteiger partial charge is 0.507 e. The Morgan fingerprint density at radius 3 is 2.01 bits per heavy atom. The van der Waals surface area contributed by atoms with Gasteiger partial charge in [-0.2, -0.15) is 0 Å². The van der Waals surface area contributed by atoms with Gasteiger partial charge in [0.1, 0.15) is 11.6 Å². The van der Waals surface area contributed by atoms with Crippen molar-refractivity contribution in [3.63, 3.8) is 0 Å². The van der Waals surface area contributed by atoms with Gasteiger partial charge in [-0.3, -0.25) is 9.55 Å². The van der Waals surface area contributed by atoms with E-state index in [0.717, 1.165) is 23.6 Å². The normalized spacial score (nSPS) is 22.3. The molecule has 1 aliphatic rings. The number of hydrogen-bond acceptors (Lipinski definition) is 3. The number of imidazole rings is 1. The number of nitrogens with zero attached hydrogens (tertiary/aromatic N) is 3. The number of aromatic nitrogens is 3. The molecule has 0 amide bonds. The molecule has 2 heterocycles. The second kappa shape index (κ2) is 19.1. The van der Waals surface area contributed by atoms with Crippen LogP contribution in [0.2, 0.25) is 0 Å². The maximum Gasteiger partial charge on any atom is 0.148 e. The molecule has 1 saturated carbocycles. The Bertz CT molecular complexity index is 4420. The van der Waals surface area contributed by atoms with Gasteiger partial charge < -0.3 is 5.11 Å². The van der Waals surface area contributed by atoms with Gasteiger partial charge in [0.25, 0.3) is 0 Å². The summed E-state index contributed by atoms with van der Waals surface area (Å²) in [5, 5.41) is 13.3. The molecule has 5 heteroatoms. The van der Waals surface area contributed by atoms with Crippen LogP contribution in [-0.2, 0) is 42.7 Å². The van der Waals surface area contributed by atoms with E-state index in [2.05, 4.69) is 24.9 Å². The smallest absolute Gasteiger partial charge is 0.148 e. The topological polar surface area (TPSA) is 50.9 Å². The zero-order valence-electron chi connectivity index (χ0n) is 70.8. The molecule has 1 aliphatic carbocycles. The molecule has 0 bridgehead atoms. The minimum atomic E-state index is -4.61. The van der Waals surface area contributed by atoms with Crippen molar-refractivity contribution in [2.75, 3.05) is 0 Å². The van der Waals surface area contributed by atoms with E-state index in [1.54, 1.807) is 32.9 Å². The molecule has 9 rings (SSSR count). The molecule has 0 aliphatic heterocycles. The van der Waals surface area contributed by atoms with Crippen LogP contribution in [0.5, 0.6) is 5.75 Å². The summed E-state index contributed by atoms with van der Waals surface area (Å²) in [6.45, 7) is -11.8. The van der Waals surface area contributed by atoms with Gasteiger partial charge in [0.2, 0.25) is 0 Å². The van der Waals surface area contributed by atoms with E-state index in [4.69, 9.17) is 35.1 Å². The van der Waals surface area contributed by atoms with Crippen LogP contribution in [-0.4, -0.2) is 19.6 Å². The van der Waals surface area contributed by atoms with Crippen molar-refractivity contribution < 1.29 is 67.3 Å². The molecule has 4 nitrogen and oxygen atoms in total. The molecule has 1 N–H and O–H groups in total. The van der Waals surface area contributed by atoms with E-state index in [1.165, 1.54) is 48.5 Å². The molecule has 6 aromatic carbocycles. The quantitative estimate of drug-likeness (QED) is 0.162. The third-order valence-corrected chi connectivity index (χ3v) is 13.0. The summed E-state index contributed by atoms with van der Waals surface area (Å²) in [7, 11) is 0. The molecule has 2 aromatic heterocycles. The van der Waals surface area contributed by atoms with E-state index in [-0.39, 0.29) is 100 Å². The van der Waals surface area contributed by atoms with Crippen LogP contribution in [0.15, 0.2) is 133 Å². The summed E-state index contributed by atoms with van der Waals surface area (Å²) in [6.07, 6.45) is 3.56. The number of fused-ring (bicyclic) bond motifs is 1. The van der Waals surface area contributed by atoms with Crippen molar-refractivity contribution in [3.05, 3.63) is 167 Å². The first-order chi connectivity index (χ1) is 45.3. The van der Waals surface area contributed by atoms with Crippen LogP contribution in [0.4, 0.5) is 0 Å². The molecule has 1 fully saturated rings. The molecule has 0 unspecified atom stereocenters. The standard InChI is InChI=1S/C66H74N3O.Pt/c1-62(2,3)49-27-28-57(53(39-49)45-19-16-15-17-20-45)69-58-22-18-21-52(59(58)68-61(69)54-40-51(64(7,8)9)41-55(60(54)70)65(10,11)12)47-35-48(37-50(36-47)63(4,5)6)56-38-46(31-34-67-56)43-25-23-42(24-26-43)44-29-32-66(13,14)33-30-44;/h15-28,31,34,36-41,44,70H,29-30,32-33H2,1-14H3;/q-1;/i7D3,8D3,9D3,10D3,11D3,12D3,15D,16D,17D,19D,20D,25D,26D,31D,38D,40D,41D,44D;. The van der Waals surface area contributed by atoms with Crippen molar-refractivity contribution in [2.45, 2.75) is 150 Å². The minimum absolute atomic E-state index is 0. The first-order valence-electron chi connectivity index (χ1n) is 38.1. The molecule has 8 aromatic rings. The van der Waals surface area contributed by atoms with Crippen molar-refractivity contribution in [3.8, 4) is 67.5 Å². The maximum atomic E-state index is 13.3. The minimum Gasteiger partial charge on any atom is -0.507 e. The molecule has 71 heavy (non-hydrogen) atoms. The molecule has 0 spiro atoms. The molecular weight excluding hydrogens is 1050 g/mol. The van der Waals surface area contributed by atoms with Crippen LogP contribution >= 0.6 is 0 Å². The summed E-state index contributed by atoms with van der Waals surface area (Å²) >= 11 is 0. The summed E-state index contributed by atoms with van der Waals surface area (Å²) in [5.41, 5.74) is -16.7. The van der Waals surface area contributed by atoms with Gasteiger partial charge in [-0.05, 0) is 122 Å². The number of benzene rings is 6. The second-order valence-corrected chi connectivity index (χ2v) is 21.0. The van der Waals surface area contributed by atoms with Crippen LogP contribution in [0, 0.1) is 11.5 Å². The zero-order chi connectivity index (χ0) is 75.6.